The van der Waals surface area contributed by atoms with E-state index < -0.39 is 37.0 Å². The van der Waals surface area contributed by atoms with Gasteiger partial charge in [0.05, 0.1) is 16.7 Å². The standard InChI is InChI=1S/C12H16FN3O4S/c1-2-12(3-4-12)7-15-21(19,20)11-9(13)5-8(16(17)18)6-10(11)14/h5-6,15H,2-4,7,14H2,1H3. The first-order valence-corrected chi connectivity index (χ1v) is 7.92. The summed E-state index contributed by atoms with van der Waals surface area (Å²) in [4.78, 5) is 9.02. The summed E-state index contributed by atoms with van der Waals surface area (Å²) < 4.78 is 40.5. The number of nitrogen functional groups attached to an aromatic ring is 1. The monoisotopic (exact) mass is 317 g/mol. The van der Waals surface area contributed by atoms with Gasteiger partial charge < -0.3 is 5.73 Å². The Bertz CT molecular complexity index is 663. The van der Waals surface area contributed by atoms with Crippen LogP contribution < -0.4 is 10.5 Å². The van der Waals surface area contributed by atoms with Crippen LogP contribution in [0.2, 0.25) is 0 Å². The molecule has 1 saturated carbocycles. The highest BCUT2D eigenvalue weighted by molar-refractivity contribution is 7.89. The molecule has 1 aliphatic carbocycles. The zero-order valence-electron chi connectivity index (χ0n) is 11.4. The average Bonchev–Trinajstić information content (AvgIpc) is 3.16. The van der Waals surface area contributed by atoms with E-state index >= 15 is 0 Å². The van der Waals surface area contributed by atoms with Crippen molar-refractivity contribution in [2.45, 2.75) is 31.1 Å². The highest BCUT2D eigenvalue weighted by Crippen LogP contribution is 2.48. The number of nitro groups is 1. The lowest BCUT2D eigenvalue weighted by Crippen LogP contribution is -2.31. The molecule has 1 fully saturated rings. The van der Waals surface area contributed by atoms with Gasteiger partial charge in [-0.25, -0.2) is 17.5 Å². The molecule has 21 heavy (non-hydrogen) atoms. The van der Waals surface area contributed by atoms with Crippen LogP contribution in [0.3, 0.4) is 0 Å². The highest BCUT2D eigenvalue weighted by Gasteiger charge is 2.41. The van der Waals surface area contributed by atoms with Crippen molar-refractivity contribution in [1.82, 2.24) is 4.72 Å². The van der Waals surface area contributed by atoms with Crippen LogP contribution in [-0.4, -0.2) is 19.9 Å². The molecule has 0 unspecified atom stereocenters. The van der Waals surface area contributed by atoms with Gasteiger partial charge in [0, 0.05) is 12.6 Å². The van der Waals surface area contributed by atoms with E-state index in [2.05, 4.69) is 4.72 Å². The Balaban J connectivity index is 2.30. The summed E-state index contributed by atoms with van der Waals surface area (Å²) >= 11 is 0. The van der Waals surface area contributed by atoms with Gasteiger partial charge in [0.2, 0.25) is 10.0 Å². The molecule has 116 valence electrons. The first kappa shape index (κ1) is 15.6. The summed E-state index contributed by atoms with van der Waals surface area (Å²) in [5, 5.41) is 10.6. The Labute approximate surface area is 121 Å². The smallest absolute Gasteiger partial charge is 0.274 e. The van der Waals surface area contributed by atoms with Crippen LogP contribution in [0, 0.1) is 21.3 Å². The SMILES string of the molecule is CCC1(CNS(=O)(=O)c2c(N)cc([N+](=O)[O-])cc2F)CC1. The first-order valence-electron chi connectivity index (χ1n) is 6.44. The Kier molecular flexibility index (Phi) is 3.89. The summed E-state index contributed by atoms with van der Waals surface area (Å²) in [6.45, 7) is 2.17. The van der Waals surface area contributed by atoms with Crippen LogP contribution >= 0.6 is 0 Å². The van der Waals surface area contributed by atoms with Gasteiger partial charge in [-0.2, -0.15) is 0 Å². The molecule has 0 amide bonds. The predicted molar refractivity (Wildman–Crippen MR) is 74.6 cm³/mol. The molecule has 0 aromatic heterocycles. The number of nitrogens with two attached hydrogens (primary N) is 1. The van der Waals surface area contributed by atoms with E-state index in [0.717, 1.165) is 25.3 Å². The summed E-state index contributed by atoms with van der Waals surface area (Å²) in [5.41, 5.74) is 4.35. The molecule has 0 bridgehead atoms. The number of hydrogen-bond acceptors (Lipinski definition) is 5. The van der Waals surface area contributed by atoms with Crippen molar-refractivity contribution in [2.24, 2.45) is 5.41 Å². The quantitative estimate of drug-likeness (QED) is 0.471. The fraction of sp³-hybridized carbons (Fsp3) is 0.500. The molecule has 3 N–H and O–H groups in total. The topological polar surface area (TPSA) is 115 Å². The molecule has 1 aromatic rings. The maximum atomic E-state index is 13.9. The first-order chi connectivity index (χ1) is 9.71. The largest absolute Gasteiger partial charge is 0.397 e. The molecule has 9 heteroatoms. The second kappa shape index (κ2) is 5.23. The second-order valence-electron chi connectivity index (χ2n) is 5.28. The summed E-state index contributed by atoms with van der Waals surface area (Å²) in [6, 6.07) is 1.39. The fourth-order valence-corrected chi connectivity index (χ4v) is 3.47. The summed E-state index contributed by atoms with van der Waals surface area (Å²) in [5.74, 6) is -1.23. The van der Waals surface area contributed by atoms with Gasteiger partial charge in [0.15, 0.2) is 5.82 Å². The van der Waals surface area contributed by atoms with Crippen LogP contribution in [0.1, 0.15) is 26.2 Å². The van der Waals surface area contributed by atoms with Crippen LogP contribution in [0.15, 0.2) is 17.0 Å². The molecule has 0 heterocycles. The van der Waals surface area contributed by atoms with Gasteiger partial charge in [-0.15, -0.1) is 0 Å². The number of nitrogens with zero attached hydrogens (tertiary/aromatic N) is 1. The Morgan fingerprint density at radius 1 is 1.48 bits per heavy atom. The van der Waals surface area contributed by atoms with Crippen LogP contribution in [0.4, 0.5) is 15.8 Å². The third kappa shape index (κ3) is 3.13. The molecule has 0 saturated heterocycles. The number of sulfonamides is 1. The number of nitrogens with one attached hydrogen (secondary N) is 1. The predicted octanol–water partition coefficient (Wildman–Crippen LogP) is 1.78. The maximum Gasteiger partial charge on any atom is 0.274 e. The molecule has 0 spiro atoms. The molecule has 7 nitrogen and oxygen atoms in total. The summed E-state index contributed by atoms with van der Waals surface area (Å²) in [6.07, 6.45) is 2.67. The van der Waals surface area contributed by atoms with Gasteiger partial charge in [0.1, 0.15) is 4.90 Å². The molecule has 1 aromatic carbocycles. The molecular weight excluding hydrogens is 301 g/mol. The van der Waals surface area contributed by atoms with E-state index in [4.69, 9.17) is 5.73 Å². The lowest BCUT2D eigenvalue weighted by Gasteiger charge is -2.15. The van der Waals surface area contributed by atoms with E-state index in [1.54, 1.807) is 0 Å². The van der Waals surface area contributed by atoms with Crippen molar-refractivity contribution in [3.05, 3.63) is 28.1 Å². The third-order valence-corrected chi connectivity index (χ3v) is 5.37. The Hall–Kier alpha value is -1.74. The number of non-ortho nitro benzene ring substituents is 1. The van der Waals surface area contributed by atoms with Crippen molar-refractivity contribution < 1.29 is 17.7 Å². The Morgan fingerprint density at radius 2 is 2.10 bits per heavy atom. The summed E-state index contributed by atoms with van der Waals surface area (Å²) in [7, 11) is -4.14. The van der Waals surface area contributed by atoms with E-state index in [1.165, 1.54) is 0 Å². The van der Waals surface area contributed by atoms with Gasteiger partial charge >= 0.3 is 0 Å². The van der Waals surface area contributed by atoms with Crippen molar-refractivity contribution >= 4 is 21.4 Å². The van der Waals surface area contributed by atoms with Gasteiger partial charge in [-0.3, -0.25) is 10.1 Å². The zero-order chi connectivity index (χ0) is 15.8. The van der Waals surface area contributed by atoms with Crippen molar-refractivity contribution in [1.29, 1.82) is 0 Å². The molecule has 0 aliphatic heterocycles. The molecule has 2 rings (SSSR count). The second-order valence-corrected chi connectivity index (χ2v) is 6.98. The zero-order valence-corrected chi connectivity index (χ0v) is 12.2. The lowest BCUT2D eigenvalue weighted by atomic mass is 10.1. The lowest BCUT2D eigenvalue weighted by molar-refractivity contribution is -0.385. The van der Waals surface area contributed by atoms with Crippen molar-refractivity contribution in [3.8, 4) is 0 Å². The maximum absolute atomic E-state index is 13.9. The molecular formula is C12H16FN3O4S. The van der Waals surface area contributed by atoms with Gasteiger partial charge in [-0.1, -0.05) is 6.92 Å². The van der Waals surface area contributed by atoms with E-state index in [9.17, 15) is 22.9 Å². The Morgan fingerprint density at radius 3 is 2.52 bits per heavy atom. The molecule has 0 atom stereocenters. The van der Waals surface area contributed by atoms with Crippen molar-refractivity contribution in [2.75, 3.05) is 12.3 Å². The van der Waals surface area contributed by atoms with Crippen LogP contribution in [-0.2, 0) is 10.0 Å². The number of anilines is 1. The number of hydrogen-bond donors (Lipinski definition) is 2. The number of rotatable bonds is 6. The van der Waals surface area contributed by atoms with Crippen LogP contribution in [0.5, 0.6) is 0 Å². The number of halogens is 1. The minimum absolute atomic E-state index is 0.0565. The van der Waals surface area contributed by atoms with E-state index in [-0.39, 0.29) is 12.0 Å². The van der Waals surface area contributed by atoms with Gasteiger partial charge in [0.25, 0.3) is 5.69 Å². The number of benzene rings is 1. The third-order valence-electron chi connectivity index (χ3n) is 3.88. The average molecular weight is 317 g/mol. The van der Waals surface area contributed by atoms with Gasteiger partial charge in [-0.05, 0) is 24.7 Å². The number of nitro benzene ring substituents is 1. The minimum atomic E-state index is -4.14. The van der Waals surface area contributed by atoms with Crippen molar-refractivity contribution in [3.63, 3.8) is 0 Å². The molecule has 1 aliphatic rings. The normalized spacial score (nSPS) is 16.7. The van der Waals surface area contributed by atoms with E-state index in [0.29, 0.717) is 6.07 Å². The minimum Gasteiger partial charge on any atom is -0.397 e. The van der Waals surface area contributed by atoms with Crippen LogP contribution in [0.25, 0.3) is 0 Å². The molecule has 0 radical (unpaired) electrons. The fourth-order valence-electron chi connectivity index (χ4n) is 2.14. The van der Waals surface area contributed by atoms with E-state index in [1.807, 2.05) is 6.92 Å². The highest BCUT2D eigenvalue weighted by atomic mass is 32.2.